The van der Waals surface area contributed by atoms with Crippen LogP contribution < -0.4 is 10.6 Å². The third-order valence-corrected chi connectivity index (χ3v) is 7.10. The summed E-state index contributed by atoms with van der Waals surface area (Å²) in [4.78, 5) is 21.5. The summed E-state index contributed by atoms with van der Waals surface area (Å²) in [6.07, 6.45) is 6.40. The highest BCUT2D eigenvalue weighted by Gasteiger charge is 2.16. The molecule has 174 valence electrons. The summed E-state index contributed by atoms with van der Waals surface area (Å²) in [5, 5.41) is 18.0. The predicted octanol–water partition coefficient (Wildman–Crippen LogP) is 4.58. The number of aromatic nitrogens is 5. The molecule has 4 aromatic rings. The first-order valence-corrected chi connectivity index (χ1v) is 13.0. The number of nitrogens with one attached hydrogen (secondary N) is 3. The molecule has 4 N–H and O–H groups in total. The van der Waals surface area contributed by atoms with Gasteiger partial charge in [-0.05, 0) is 17.9 Å². The SMILES string of the molecule is CCC[C@@H](CO)CNc1nc(SCc2ccccc2)nc2nc(NCCc3c[nH]cn3)sc12. The summed E-state index contributed by atoms with van der Waals surface area (Å²) in [6, 6.07) is 10.3. The van der Waals surface area contributed by atoms with Crippen LogP contribution in [0, 0.1) is 5.92 Å². The number of hydrogen-bond acceptors (Lipinski definition) is 9. The van der Waals surface area contributed by atoms with E-state index in [2.05, 4.69) is 39.7 Å². The molecule has 0 aliphatic rings. The molecule has 3 aromatic heterocycles. The minimum Gasteiger partial charge on any atom is -0.396 e. The second kappa shape index (κ2) is 12.0. The highest BCUT2D eigenvalue weighted by atomic mass is 32.2. The van der Waals surface area contributed by atoms with E-state index in [1.54, 1.807) is 29.4 Å². The van der Waals surface area contributed by atoms with E-state index < -0.39 is 0 Å². The lowest BCUT2D eigenvalue weighted by Gasteiger charge is -2.15. The average molecular weight is 484 g/mol. The number of nitrogens with zero attached hydrogens (tertiary/aromatic N) is 4. The summed E-state index contributed by atoms with van der Waals surface area (Å²) >= 11 is 3.15. The number of benzene rings is 1. The molecule has 0 amide bonds. The summed E-state index contributed by atoms with van der Waals surface area (Å²) in [7, 11) is 0. The van der Waals surface area contributed by atoms with Gasteiger partial charge in [0.1, 0.15) is 4.70 Å². The van der Waals surface area contributed by atoms with Crippen LogP contribution in [0.3, 0.4) is 0 Å². The van der Waals surface area contributed by atoms with Gasteiger partial charge < -0.3 is 20.7 Å². The van der Waals surface area contributed by atoms with Gasteiger partial charge in [-0.3, -0.25) is 0 Å². The molecule has 33 heavy (non-hydrogen) atoms. The number of thioether (sulfide) groups is 1. The molecule has 0 spiro atoms. The van der Waals surface area contributed by atoms with Crippen molar-refractivity contribution in [2.45, 2.75) is 37.1 Å². The number of aromatic amines is 1. The summed E-state index contributed by atoms with van der Waals surface area (Å²) in [5.41, 5.74) is 2.92. The van der Waals surface area contributed by atoms with Crippen LogP contribution in [0.15, 0.2) is 48.0 Å². The molecule has 0 aliphatic carbocycles. The summed E-state index contributed by atoms with van der Waals surface area (Å²) < 4.78 is 0.925. The Morgan fingerprint density at radius 1 is 1.15 bits per heavy atom. The molecular weight excluding hydrogens is 454 g/mol. The Balaban J connectivity index is 1.51. The number of fused-ring (bicyclic) bond motifs is 1. The lowest BCUT2D eigenvalue weighted by atomic mass is 10.1. The molecule has 0 unspecified atom stereocenters. The number of hydrogen-bond donors (Lipinski definition) is 4. The highest BCUT2D eigenvalue weighted by molar-refractivity contribution is 7.98. The van der Waals surface area contributed by atoms with Gasteiger partial charge in [0, 0.05) is 38.1 Å². The van der Waals surface area contributed by atoms with Crippen molar-refractivity contribution in [3.63, 3.8) is 0 Å². The van der Waals surface area contributed by atoms with E-state index in [1.807, 2.05) is 24.4 Å². The van der Waals surface area contributed by atoms with Crippen molar-refractivity contribution in [2.24, 2.45) is 5.92 Å². The Morgan fingerprint density at radius 3 is 2.79 bits per heavy atom. The zero-order valence-electron chi connectivity index (χ0n) is 18.6. The average Bonchev–Trinajstić information content (AvgIpc) is 3.51. The minimum absolute atomic E-state index is 0.160. The number of thiazole rings is 1. The molecule has 1 aromatic carbocycles. The van der Waals surface area contributed by atoms with Crippen LogP contribution in [-0.2, 0) is 12.2 Å². The Morgan fingerprint density at radius 2 is 2.03 bits per heavy atom. The van der Waals surface area contributed by atoms with Gasteiger partial charge in [0.2, 0.25) is 0 Å². The molecule has 0 aliphatic heterocycles. The maximum Gasteiger partial charge on any atom is 0.191 e. The normalized spacial score (nSPS) is 12.2. The minimum atomic E-state index is 0.160. The smallest absolute Gasteiger partial charge is 0.191 e. The van der Waals surface area contributed by atoms with Crippen LogP contribution >= 0.6 is 23.1 Å². The standard InChI is InChI=1S/C23H29N7OS2/c1-2-6-17(13-31)11-26-20-19-21(29-22(33-19)25-10-9-18-12-24-15-27-18)30-23(28-20)32-14-16-7-4-3-5-8-16/h3-5,7-8,12,15,17,31H,2,6,9-11,13-14H2,1H3,(H,24,27)(H2,25,26,28,29,30)/t17-/m1/s1. The Hall–Kier alpha value is -2.69. The van der Waals surface area contributed by atoms with Crippen LogP contribution in [0.1, 0.15) is 31.0 Å². The fraction of sp³-hybridized carbons (Fsp3) is 0.391. The molecule has 0 saturated heterocycles. The van der Waals surface area contributed by atoms with Gasteiger partial charge in [-0.1, -0.05) is 66.8 Å². The van der Waals surface area contributed by atoms with Gasteiger partial charge in [-0.15, -0.1) is 0 Å². The number of H-pyrrole nitrogens is 1. The number of aliphatic hydroxyl groups is 1. The van der Waals surface area contributed by atoms with E-state index in [1.165, 1.54) is 5.56 Å². The Bertz CT molecular complexity index is 1120. The maximum absolute atomic E-state index is 9.69. The second-order valence-corrected chi connectivity index (χ2v) is 9.70. The molecule has 0 bridgehead atoms. The molecule has 8 nitrogen and oxygen atoms in total. The molecule has 0 saturated carbocycles. The van der Waals surface area contributed by atoms with Crippen LogP contribution in [0.25, 0.3) is 10.3 Å². The van der Waals surface area contributed by atoms with Gasteiger partial charge in [0.05, 0.1) is 12.0 Å². The fourth-order valence-electron chi connectivity index (χ4n) is 3.42. The second-order valence-electron chi connectivity index (χ2n) is 7.76. The van der Waals surface area contributed by atoms with Gasteiger partial charge in [-0.2, -0.15) is 4.98 Å². The lowest BCUT2D eigenvalue weighted by Crippen LogP contribution is -2.18. The Labute approximate surface area is 201 Å². The third-order valence-electron chi connectivity index (χ3n) is 5.17. The molecule has 3 heterocycles. The van der Waals surface area contributed by atoms with E-state index in [4.69, 9.17) is 15.0 Å². The zero-order valence-corrected chi connectivity index (χ0v) is 20.3. The van der Waals surface area contributed by atoms with Crippen molar-refractivity contribution in [1.82, 2.24) is 24.9 Å². The van der Waals surface area contributed by atoms with Crippen molar-refractivity contribution in [2.75, 3.05) is 30.3 Å². The molecule has 1 atom stereocenters. The quantitative estimate of drug-likeness (QED) is 0.162. The van der Waals surface area contributed by atoms with Crippen molar-refractivity contribution in [3.8, 4) is 0 Å². The highest BCUT2D eigenvalue weighted by Crippen LogP contribution is 2.33. The molecular formula is C23H29N7OS2. The van der Waals surface area contributed by atoms with Crippen LogP contribution in [0.5, 0.6) is 0 Å². The Kier molecular flexibility index (Phi) is 8.51. The number of anilines is 2. The topological polar surface area (TPSA) is 112 Å². The van der Waals surface area contributed by atoms with Crippen LogP contribution in [0.4, 0.5) is 10.9 Å². The van der Waals surface area contributed by atoms with Gasteiger partial charge in [-0.25, -0.2) is 15.0 Å². The van der Waals surface area contributed by atoms with Crippen molar-refractivity contribution in [3.05, 3.63) is 54.1 Å². The summed E-state index contributed by atoms with van der Waals surface area (Å²) in [5.74, 6) is 1.77. The molecule has 10 heteroatoms. The fourth-order valence-corrected chi connectivity index (χ4v) is 5.11. The molecule has 4 rings (SSSR count). The van der Waals surface area contributed by atoms with Crippen molar-refractivity contribution in [1.29, 1.82) is 0 Å². The third kappa shape index (κ3) is 6.66. The monoisotopic (exact) mass is 483 g/mol. The van der Waals surface area contributed by atoms with Gasteiger partial charge in [0.15, 0.2) is 21.8 Å². The molecule has 0 fully saturated rings. The van der Waals surface area contributed by atoms with E-state index in [-0.39, 0.29) is 12.5 Å². The molecule has 0 radical (unpaired) electrons. The first-order chi connectivity index (χ1) is 16.2. The van der Waals surface area contributed by atoms with E-state index in [0.717, 1.165) is 52.9 Å². The maximum atomic E-state index is 9.69. The van der Waals surface area contributed by atoms with Crippen LogP contribution in [0.2, 0.25) is 0 Å². The largest absolute Gasteiger partial charge is 0.396 e. The van der Waals surface area contributed by atoms with Crippen molar-refractivity contribution >= 4 is 44.4 Å². The van der Waals surface area contributed by atoms with Crippen molar-refractivity contribution < 1.29 is 5.11 Å². The first-order valence-electron chi connectivity index (χ1n) is 11.2. The summed E-state index contributed by atoms with van der Waals surface area (Å²) in [6.45, 7) is 3.69. The van der Waals surface area contributed by atoms with E-state index >= 15 is 0 Å². The van der Waals surface area contributed by atoms with Gasteiger partial charge in [0.25, 0.3) is 0 Å². The number of aliphatic hydroxyl groups excluding tert-OH is 1. The van der Waals surface area contributed by atoms with E-state index in [9.17, 15) is 5.11 Å². The van der Waals surface area contributed by atoms with Gasteiger partial charge >= 0.3 is 0 Å². The predicted molar refractivity (Wildman–Crippen MR) is 136 cm³/mol. The van der Waals surface area contributed by atoms with E-state index in [0.29, 0.717) is 17.3 Å². The lowest BCUT2D eigenvalue weighted by molar-refractivity contribution is 0.225. The number of imidazole rings is 1. The first kappa shape index (κ1) is 23.5. The van der Waals surface area contributed by atoms with Crippen LogP contribution in [-0.4, -0.2) is 49.7 Å². The number of rotatable bonds is 13. The zero-order chi connectivity index (χ0) is 22.9.